The molecule has 0 atom stereocenters. The zero-order valence-corrected chi connectivity index (χ0v) is 18.3. The molecule has 1 aromatic heterocycles. The molecule has 1 fully saturated rings. The van der Waals surface area contributed by atoms with Gasteiger partial charge in [-0.3, -0.25) is 4.79 Å². The van der Waals surface area contributed by atoms with Crippen molar-refractivity contribution in [2.75, 3.05) is 45.8 Å². The van der Waals surface area contributed by atoms with Gasteiger partial charge < -0.3 is 19.5 Å². The fraction of sp³-hybridized carbons (Fsp3) is 0.389. The Bertz CT molecular complexity index is 986. The molecule has 1 saturated heterocycles. The second-order valence-electron chi connectivity index (χ2n) is 6.15. The number of carbonyl (C=O) groups excluding carboxylic acids is 1. The summed E-state index contributed by atoms with van der Waals surface area (Å²) in [6.45, 7) is 1.42. The zero-order chi connectivity index (χ0) is 21.0. The maximum Gasteiger partial charge on any atom is 0.252 e. The van der Waals surface area contributed by atoms with E-state index in [-0.39, 0.29) is 16.5 Å². The van der Waals surface area contributed by atoms with Crippen molar-refractivity contribution in [3.8, 4) is 11.5 Å². The van der Waals surface area contributed by atoms with Gasteiger partial charge in [0.15, 0.2) is 0 Å². The highest BCUT2D eigenvalue weighted by atomic mass is 35.5. The number of carbonyl (C=O) groups is 1. The SMILES string of the molecule is COc1cc(OC)c(NC(=O)Cc2ccc(S(=O)(=O)N3CCOCC3)s2)cc1Cl. The number of halogens is 1. The molecule has 158 valence electrons. The summed E-state index contributed by atoms with van der Waals surface area (Å²) in [7, 11) is -0.614. The summed E-state index contributed by atoms with van der Waals surface area (Å²) < 4.78 is 42.6. The van der Waals surface area contributed by atoms with Crippen molar-refractivity contribution in [3.05, 3.63) is 34.2 Å². The lowest BCUT2D eigenvalue weighted by molar-refractivity contribution is -0.115. The van der Waals surface area contributed by atoms with Gasteiger partial charge in [0.05, 0.1) is 44.6 Å². The van der Waals surface area contributed by atoms with E-state index < -0.39 is 10.0 Å². The molecule has 0 unspecified atom stereocenters. The van der Waals surface area contributed by atoms with Crippen LogP contribution in [0.1, 0.15) is 4.88 Å². The van der Waals surface area contributed by atoms with Crippen LogP contribution < -0.4 is 14.8 Å². The molecule has 2 aromatic rings. The summed E-state index contributed by atoms with van der Waals surface area (Å²) in [6, 6.07) is 6.30. The number of anilines is 1. The van der Waals surface area contributed by atoms with Crippen LogP contribution in [0.25, 0.3) is 0 Å². The second kappa shape index (κ2) is 9.31. The predicted octanol–water partition coefficient (Wildman–Crippen LogP) is 2.62. The van der Waals surface area contributed by atoms with Gasteiger partial charge in [-0.2, -0.15) is 4.31 Å². The van der Waals surface area contributed by atoms with E-state index >= 15 is 0 Å². The van der Waals surface area contributed by atoms with Gasteiger partial charge in [0, 0.05) is 24.0 Å². The summed E-state index contributed by atoms with van der Waals surface area (Å²) in [5, 5.41) is 3.07. The molecule has 1 aliphatic heterocycles. The van der Waals surface area contributed by atoms with Crippen LogP contribution >= 0.6 is 22.9 Å². The summed E-state index contributed by atoms with van der Waals surface area (Å²) in [5.74, 6) is 0.515. The lowest BCUT2D eigenvalue weighted by atomic mass is 10.2. The largest absolute Gasteiger partial charge is 0.495 e. The number of ether oxygens (including phenoxy) is 3. The molecule has 3 rings (SSSR count). The van der Waals surface area contributed by atoms with E-state index in [4.69, 9.17) is 25.8 Å². The van der Waals surface area contributed by atoms with Crippen molar-refractivity contribution in [1.29, 1.82) is 0 Å². The normalized spacial score (nSPS) is 15.1. The molecule has 0 saturated carbocycles. The second-order valence-corrected chi connectivity index (χ2v) is 9.89. The van der Waals surface area contributed by atoms with Gasteiger partial charge >= 0.3 is 0 Å². The average molecular weight is 461 g/mol. The highest BCUT2D eigenvalue weighted by Crippen LogP contribution is 2.36. The molecule has 1 aromatic carbocycles. The number of methoxy groups -OCH3 is 2. The smallest absolute Gasteiger partial charge is 0.252 e. The molecule has 0 spiro atoms. The molecule has 0 aliphatic carbocycles. The van der Waals surface area contributed by atoms with Gasteiger partial charge in [0.2, 0.25) is 5.91 Å². The van der Waals surface area contributed by atoms with Crippen LogP contribution in [-0.4, -0.2) is 59.2 Å². The number of nitrogens with zero attached hydrogens (tertiary/aromatic N) is 1. The maximum atomic E-state index is 12.7. The molecule has 0 radical (unpaired) electrons. The van der Waals surface area contributed by atoms with E-state index in [2.05, 4.69) is 5.32 Å². The Morgan fingerprint density at radius 1 is 1.21 bits per heavy atom. The number of amides is 1. The first-order valence-corrected chi connectivity index (χ1v) is 11.4. The third-order valence-corrected chi connectivity index (χ3v) is 8.03. The molecule has 2 heterocycles. The summed E-state index contributed by atoms with van der Waals surface area (Å²) in [6.07, 6.45) is 0.0239. The van der Waals surface area contributed by atoms with E-state index in [1.807, 2.05) is 0 Å². The molecule has 1 amide bonds. The molecule has 1 N–H and O–H groups in total. The highest BCUT2D eigenvalue weighted by molar-refractivity contribution is 7.91. The van der Waals surface area contributed by atoms with Crippen LogP contribution in [0, 0.1) is 0 Å². The summed E-state index contributed by atoms with van der Waals surface area (Å²) >= 11 is 7.20. The quantitative estimate of drug-likeness (QED) is 0.682. The number of benzene rings is 1. The fourth-order valence-corrected chi connectivity index (χ4v) is 5.97. The van der Waals surface area contributed by atoms with Gasteiger partial charge in [-0.1, -0.05) is 11.6 Å². The number of nitrogens with one attached hydrogen (secondary N) is 1. The van der Waals surface area contributed by atoms with Crippen LogP contribution in [0.5, 0.6) is 11.5 Å². The first-order valence-electron chi connectivity index (χ1n) is 8.73. The Balaban J connectivity index is 1.70. The average Bonchev–Trinajstić information content (AvgIpc) is 3.18. The Morgan fingerprint density at radius 3 is 2.55 bits per heavy atom. The first kappa shape index (κ1) is 21.8. The molecular weight excluding hydrogens is 440 g/mol. The van der Waals surface area contributed by atoms with Crippen molar-refractivity contribution in [1.82, 2.24) is 4.31 Å². The van der Waals surface area contributed by atoms with Gasteiger partial charge in [0.1, 0.15) is 15.7 Å². The van der Waals surface area contributed by atoms with Crippen molar-refractivity contribution in [2.45, 2.75) is 10.6 Å². The lowest BCUT2D eigenvalue weighted by Gasteiger charge is -2.25. The number of thiophene rings is 1. The van der Waals surface area contributed by atoms with Gasteiger partial charge in [-0.25, -0.2) is 8.42 Å². The Hall–Kier alpha value is -1.85. The van der Waals surface area contributed by atoms with Crippen molar-refractivity contribution in [3.63, 3.8) is 0 Å². The molecule has 29 heavy (non-hydrogen) atoms. The van der Waals surface area contributed by atoms with Crippen LogP contribution in [0.3, 0.4) is 0 Å². The minimum Gasteiger partial charge on any atom is -0.495 e. The Morgan fingerprint density at radius 2 is 1.90 bits per heavy atom. The van der Waals surface area contributed by atoms with Gasteiger partial charge in [-0.05, 0) is 18.2 Å². The number of hydrogen-bond acceptors (Lipinski definition) is 7. The third-order valence-electron chi connectivity index (χ3n) is 4.28. The zero-order valence-electron chi connectivity index (χ0n) is 15.9. The molecule has 0 bridgehead atoms. The monoisotopic (exact) mass is 460 g/mol. The van der Waals surface area contributed by atoms with E-state index in [1.54, 1.807) is 18.2 Å². The highest BCUT2D eigenvalue weighted by Gasteiger charge is 2.28. The van der Waals surface area contributed by atoms with Crippen molar-refractivity contribution in [2.24, 2.45) is 0 Å². The van der Waals surface area contributed by atoms with E-state index in [9.17, 15) is 13.2 Å². The van der Waals surface area contributed by atoms with E-state index in [0.717, 1.165) is 11.3 Å². The fourth-order valence-electron chi connectivity index (χ4n) is 2.82. The summed E-state index contributed by atoms with van der Waals surface area (Å²) in [5.41, 5.74) is 0.404. The van der Waals surface area contributed by atoms with Gasteiger partial charge in [-0.15, -0.1) is 11.3 Å². The van der Waals surface area contributed by atoms with Gasteiger partial charge in [0.25, 0.3) is 10.0 Å². The number of hydrogen-bond donors (Lipinski definition) is 1. The van der Waals surface area contributed by atoms with Crippen LogP contribution in [0.2, 0.25) is 5.02 Å². The van der Waals surface area contributed by atoms with Crippen molar-refractivity contribution >= 4 is 44.6 Å². The van der Waals surface area contributed by atoms with Crippen LogP contribution in [0.4, 0.5) is 5.69 Å². The maximum absolute atomic E-state index is 12.7. The third kappa shape index (κ3) is 5.01. The predicted molar refractivity (Wildman–Crippen MR) is 111 cm³/mol. The summed E-state index contributed by atoms with van der Waals surface area (Å²) in [4.78, 5) is 13.1. The van der Waals surface area contributed by atoms with Crippen molar-refractivity contribution < 1.29 is 27.4 Å². The minimum absolute atomic E-state index is 0.0239. The Labute approximate surface area is 178 Å². The molecular formula is C18H21ClN2O6S2. The molecule has 8 nitrogen and oxygen atoms in total. The molecule has 11 heteroatoms. The van der Waals surface area contributed by atoms with E-state index in [0.29, 0.717) is 53.4 Å². The Kier molecular flexibility index (Phi) is 7.01. The van der Waals surface area contributed by atoms with Crippen LogP contribution in [0.15, 0.2) is 28.5 Å². The lowest BCUT2D eigenvalue weighted by Crippen LogP contribution is -2.40. The number of morpholine rings is 1. The first-order chi connectivity index (χ1) is 13.8. The topological polar surface area (TPSA) is 94.2 Å². The number of sulfonamides is 1. The molecule has 1 aliphatic rings. The van der Waals surface area contributed by atoms with Crippen LogP contribution in [-0.2, 0) is 26.0 Å². The minimum atomic E-state index is -3.57. The number of rotatable bonds is 7. The standard InChI is InChI=1S/C18H21ClN2O6S2/c1-25-15-11-16(26-2)14(10-13(15)19)20-17(22)9-12-3-4-18(28-12)29(23,24)21-5-7-27-8-6-21/h3-4,10-11H,5-9H2,1-2H3,(H,20,22). The van der Waals surface area contributed by atoms with E-state index in [1.165, 1.54) is 24.6 Å².